The Morgan fingerprint density at radius 3 is 2.56 bits per heavy atom. The highest BCUT2D eigenvalue weighted by atomic mass is 16.5. The third-order valence-electron chi connectivity index (χ3n) is 7.77. The highest BCUT2D eigenvalue weighted by molar-refractivity contribution is 5.80. The minimum Gasteiger partial charge on any atom is -0.469 e. The Bertz CT molecular complexity index is 546. The zero-order valence-corrected chi connectivity index (χ0v) is 16.2. The van der Waals surface area contributed by atoms with Gasteiger partial charge in [0.2, 0.25) is 5.91 Å². The van der Waals surface area contributed by atoms with Gasteiger partial charge in [0.1, 0.15) is 0 Å². The molecular formula is C22H38N2O3. The van der Waals surface area contributed by atoms with E-state index in [1.54, 1.807) is 0 Å². The van der Waals surface area contributed by atoms with E-state index in [-0.39, 0.29) is 31.3 Å². The van der Waals surface area contributed by atoms with Crippen molar-refractivity contribution in [3.05, 3.63) is 0 Å². The summed E-state index contributed by atoms with van der Waals surface area (Å²) in [6.07, 6.45) is 12.3. The molecule has 0 aromatic rings. The second-order valence-electron chi connectivity index (χ2n) is 9.33. The maximum absolute atomic E-state index is 12.8. The van der Waals surface area contributed by atoms with E-state index >= 15 is 0 Å². The molecule has 1 N–H and O–H groups in total. The topological polar surface area (TPSA) is 58.6 Å². The molecule has 4 fully saturated rings. The molecule has 3 aliphatic carbocycles. The SMILES string of the molecule is C.COC(=O)C1CC2CCCCC2C1NC(=O)CN1CCCC2(CCC2)C1. The molecule has 0 aromatic carbocycles. The second-order valence-corrected chi connectivity index (χ2v) is 9.33. The van der Waals surface area contributed by atoms with Crippen LogP contribution in [0.2, 0.25) is 0 Å². The number of rotatable bonds is 4. The summed E-state index contributed by atoms with van der Waals surface area (Å²) in [4.78, 5) is 27.4. The largest absolute Gasteiger partial charge is 0.469 e. The maximum atomic E-state index is 12.8. The van der Waals surface area contributed by atoms with E-state index in [1.165, 1.54) is 58.5 Å². The van der Waals surface area contributed by atoms with Crippen molar-refractivity contribution in [3.63, 3.8) is 0 Å². The van der Waals surface area contributed by atoms with E-state index in [1.807, 2.05) is 0 Å². The molecule has 27 heavy (non-hydrogen) atoms. The second kappa shape index (κ2) is 8.50. The molecular weight excluding hydrogens is 340 g/mol. The number of nitrogens with zero attached hydrogens (tertiary/aromatic N) is 1. The molecule has 0 aromatic heterocycles. The van der Waals surface area contributed by atoms with E-state index in [9.17, 15) is 9.59 Å². The smallest absolute Gasteiger partial charge is 0.310 e. The molecule has 154 valence electrons. The van der Waals surface area contributed by atoms with Crippen molar-refractivity contribution in [3.8, 4) is 0 Å². The quantitative estimate of drug-likeness (QED) is 0.762. The number of carbonyl (C=O) groups is 2. The van der Waals surface area contributed by atoms with Gasteiger partial charge in [0.25, 0.3) is 0 Å². The number of ether oxygens (including phenoxy) is 1. The molecule has 1 saturated heterocycles. The molecule has 1 spiro atoms. The van der Waals surface area contributed by atoms with Crippen molar-refractivity contribution < 1.29 is 14.3 Å². The summed E-state index contributed by atoms with van der Waals surface area (Å²) in [6.45, 7) is 2.60. The van der Waals surface area contributed by atoms with Crippen LogP contribution in [0.3, 0.4) is 0 Å². The summed E-state index contributed by atoms with van der Waals surface area (Å²) in [7, 11) is 1.47. The van der Waals surface area contributed by atoms with Gasteiger partial charge < -0.3 is 10.1 Å². The Morgan fingerprint density at radius 2 is 1.85 bits per heavy atom. The number of nitrogens with one attached hydrogen (secondary N) is 1. The van der Waals surface area contributed by atoms with Gasteiger partial charge in [0, 0.05) is 12.6 Å². The normalized spacial score (nSPS) is 34.9. The van der Waals surface area contributed by atoms with Crippen molar-refractivity contribution in [1.82, 2.24) is 10.2 Å². The van der Waals surface area contributed by atoms with Crippen molar-refractivity contribution in [2.45, 2.75) is 77.7 Å². The Morgan fingerprint density at radius 1 is 1.11 bits per heavy atom. The van der Waals surface area contributed by atoms with Gasteiger partial charge in [-0.05, 0) is 62.3 Å². The molecule has 4 atom stereocenters. The van der Waals surface area contributed by atoms with Crippen LogP contribution in [0.5, 0.6) is 0 Å². The highest BCUT2D eigenvalue weighted by Gasteiger charge is 2.48. The predicted octanol–water partition coefficient (Wildman–Crippen LogP) is 3.37. The molecule has 3 saturated carbocycles. The molecule has 0 radical (unpaired) electrons. The number of likely N-dealkylation sites (tertiary alicyclic amines) is 1. The van der Waals surface area contributed by atoms with E-state index < -0.39 is 0 Å². The van der Waals surface area contributed by atoms with Crippen LogP contribution in [-0.2, 0) is 14.3 Å². The average Bonchev–Trinajstić information content (AvgIpc) is 2.98. The Labute approximate surface area is 164 Å². The lowest BCUT2D eigenvalue weighted by molar-refractivity contribution is -0.146. The maximum Gasteiger partial charge on any atom is 0.310 e. The first-order chi connectivity index (χ1) is 12.6. The standard InChI is InChI=1S/C21H34N2O3.CH4/c1-26-20(25)17-12-15-6-2-3-7-16(15)19(17)22-18(24)13-23-11-5-10-21(14-23)8-4-9-21;/h15-17,19H,2-14H2,1H3,(H,22,24);1H4. The average molecular weight is 379 g/mol. The van der Waals surface area contributed by atoms with Gasteiger partial charge in [-0.1, -0.05) is 33.1 Å². The number of carbonyl (C=O) groups excluding carboxylic acids is 2. The summed E-state index contributed by atoms with van der Waals surface area (Å²) in [5.41, 5.74) is 0.509. The third-order valence-corrected chi connectivity index (χ3v) is 7.77. The van der Waals surface area contributed by atoms with Gasteiger partial charge in [-0.25, -0.2) is 0 Å². The molecule has 1 amide bonds. The van der Waals surface area contributed by atoms with Gasteiger partial charge in [-0.2, -0.15) is 0 Å². The number of piperidine rings is 1. The minimum atomic E-state index is -0.156. The van der Waals surface area contributed by atoms with Gasteiger partial charge in [-0.15, -0.1) is 0 Å². The van der Waals surface area contributed by atoms with E-state index in [2.05, 4.69) is 10.2 Å². The first-order valence-electron chi connectivity index (χ1n) is 10.7. The van der Waals surface area contributed by atoms with Gasteiger partial charge in [0.15, 0.2) is 0 Å². The molecule has 5 heteroatoms. The zero-order valence-electron chi connectivity index (χ0n) is 16.2. The molecule has 1 heterocycles. The van der Waals surface area contributed by atoms with E-state index in [4.69, 9.17) is 4.74 Å². The summed E-state index contributed by atoms with van der Waals surface area (Å²) < 4.78 is 5.05. The Hall–Kier alpha value is -1.10. The predicted molar refractivity (Wildman–Crippen MR) is 106 cm³/mol. The van der Waals surface area contributed by atoms with Crippen molar-refractivity contribution in [2.75, 3.05) is 26.7 Å². The number of hydrogen-bond acceptors (Lipinski definition) is 4. The van der Waals surface area contributed by atoms with Gasteiger partial charge in [-0.3, -0.25) is 14.5 Å². The summed E-state index contributed by atoms with van der Waals surface area (Å²) in [5, 5.41) is 3.27. The zero-order chi connectivity index (χ0) is 18.1. The molecule has 4 rings (SSSR count). The van der Waals surface area contributed by atoms with Crippen LogP contribution in [0.15, 0.2) is 0 Å². The number of esters is 1. The first kappa shape index (κ1) is 20.6. The molecule has 5 nitrogen and oxygen atoms in total. The lowest BCUT2D eigenvalue weighted by atomic mass is 9.64. The van der Waals surface area contributed by atoms with Gasteiger partial charge in [0.05, 0.1) is 19.6 Å². The Kier molecular flexibility index (Phi) is 6.50. The van der Waals surface area contributed by atoms with Crippen LogP contribution in [0, 0.1) is 23.2 Å². The van der Waals surface area contributed by atoms with Crippen LogP contribution in [0.1, 0.15) is 71.6 Å². The van der Waals surface area contributed by atoms with Gasteiger partial charge >= 0.3 is 5.97 Å². The number of amides is 1. The van der Waals surface area contributed by atoms with Crippen LogP contribution in [0.25, 0.3) is 0 Å². The van der Waals surface area contributed by atoms with Crippen LogP contribution >= 0.6 is 0 Å². The Balaban J connectivity index is 0.00000210. The van der Waals surface area contributed by atoms with Crippen LogP contribution < -0.4 is 5.32 Å². The fourth-order valence-corrected chi connectivity index (χ4v) is 6.34. The van der Waals surface area contributed by atoms with Crippen LogP contribution in [0.4, 0.5) is 0 Å². The van der Waals surface area contributed by atoms with Crippen molar-refractivity contribution in [1.29, 1.82) is 0 Å². The van der Waals surface area contributed by atoms with E-state index in [0.717, 1.165) is 25.9 Å². The summed E-state index contributed by atoms with van der Waals surface area (Å²) >= 11 is 0. The highest BCUT2D eigenvalue weighted by Crippen LogP contribution is 2.48. The van der Waals surface area contributed by atoms with Crippen molar-refractivity contribution >= 4 is 11.9 Å². The number of fused-ring (bicyclic) bond motifs is 1. The fraction of sp³-hybridized carbons (Fsp3) is 0.909. The lowest BCUT2D eigenvalue weighted by Crippen LogP contribution is -2.52. The molecule has 4 unspecified atom stereocenters. The number of hydrogen-bond donors (Lipinski definition) is 1. The molecule has 0 bridgehead atoms. The van der Waals surface area contributed by atoms with Crippen molar-refractivity contribution in [2.24, 2.45) is 23.2 Å². The van der Waals surface area contributed by atoms with E-state index in [0.29, 0.717) is 23.8 Å². The lowest BCUT2D eigenvalue weighted by Gasteiger charge is -2.48. The monoisotopic (exact) mass is 378 g/mol. The molecule has 4 aliphatic rings. The summed E-state index contributed by atoms with van der Waals surface area (Å²) in [5.74, 6) is 0.835. The summed E-state index contributed by atoms with van der Waals surface area (Å²) in [6, 6.07) is -0.0253. The number of methoxy groups -OCH3 is 1. The first-order valence-corrected chi connectivity index (χ1v) is 10.7. The minimum absolute atomic E-state index is 0. The third kappa shape index (κ3) is 4.18. The molecule has 1 aliphatic heterocycles. The van der Waals surface area contributed by atoms with Crippen LogP contribution in [-0.4, -0.2) is 49.6 Å². The fourth-order valence-electron chi connectivity index (χ4n) is 6.34.